The third-order valence-electron chi connectivity index (χ3n) is 3.77. The molecule has 120 valence electrons. The van der Waals surface area contributed by atoms with Gasteiger partial charge >= 0.3 is 5.97 Å². The van der Waals surface area contributed by atoms with E-state index in [4.69, 9.17) is 23.2 Å². The summed E-state index contributed by atoms with van der Waals surface area (Å²) in [5.74, 6) is -1.94. The highest BCUT2D eigenvalue weighted by molar-refractivity contribution is 6.35. The number of halogens is 2. The van der Waals surface area contributed by atoms with Crippen LogP contribution >= 0.6 is 23.2 Å². The molecule has 0 spiro atoms. The molecule has 0 bridgehead atoms. The smallest absolute Gasteiger partial charge is 0.308 e. The van der Waals surface area contributed by atoms with Crippen LogP contribution < -0.4 is 0 Å². The molecule has 1 aliphatic heterocycles. The van der Waals surface area contributed by atoms with Gasteiger partial charge in [-0.05, 0) is 31.0 Å². The van der Waals surface area contributed by atoms with Crippen LogP contribution in [0.4, 0.5) is 0 Å². The average Bonchev–Trinajstić information content (AvgIpc) is 2.41. The van der Waals surface area contributed by atoms with Gasteiger partial charge in [-0.1, -0.05) is 29.3 Å². The first-order chi connectivity index (χ1) is 10.3. The Labute approximate surface area is 138 Å². The summed E-state index contributed by atoms with van der Waals surface area (Å²) in [6.45, 7) is 1.62. The highest BCUT2D eigenvalue weighted by Gasteiger charge is 2.41. The summed E-state index contributed by atoms with van der Waals surface area (Å²) < 4.78 is 0. The molecule has 1 aliphatic rings. The van der Waals surface area contributed by atoms with Gasteiger partial charge in [-0.3, -0.25) is 9.59 Å². The third kappa shape index (κ3) is 3.54. The number of rotatable bonds is 4. The van der Waals surface area contributed by atoms with Crippen molar-refractivity contribution in [3.8, 4) is 0 Å². The van der Waals surface area contributed by atoms with E-state index >= 15 is 0 Å². The highest BCUT2D eigenvalue weighted by Crippen LogP contribution is 2.40. The van der Waals surface area contributed by atoms with Crippen LogP contribution in [-0.2, 0) is 9.59 Å². The van der Waals surface area contributed by atoms with Crippen LogP contribution in [0.15, 0.2) is 18.2 Å². The van der Waals surface area contributed by atoms with Gasteiger partial charge in [-0.2, -0.15) is 0 Å². The summed E-state index contributed by atoms with van der Waals surface area (Å²) in [6, 6.07) is 4.06. The lowest BCUT2D eigenvalue weighted by Gasteiger charge is -2.40. The summed E-state index contributed by atoms with van der Waals surface area (Å²) in [4.78, 5) is 25.2. The number of hydrogen-bond acceptors (Lipinski definition) is 3. The minimum atomic E-state index is -0.987. The summed E-state index contributed by atoms with van der Waals surface area (Å²) in [5.41, 5.74) is 0.534. The second kappa shape index (κ2) is 6.86. The van der Waals surface area contributed by atoms with E-state index < -0.39 is 24.0 Å². The van der Waals surface area contributed by atoms with Crippen LogP contribution in [0.2, 0.25) is 10.0 Å². The van der Waals surface area contributed by atoms with Crippen molar-refractivity contribution >= 4 is 35.1 Å². The lowest BCUT2D eigenvalue weighted by atomic mass is 9.84. The monoisotopic (exact) mass is 345 g/mol. The number of aliphatic carboxylic acids is 1. The van der Waals surface area contributed by atoms with Crippen LogP contribution in [0.25, 0.3) is 0 Å². The molecule has 1 fully saturated rings. The van der Waals surface area contributed by atoms with E-state index in [0.717, 1.165) is 0 Å². The Bertz CT molecular complexity index is 591. The van der Waals surface area contributed by atoms with Crippen molar-refractivity contribution in [1.29, 1.82) is 0 Å². The van der Waals surface area contributed by atoms with E-state index in [-0.39, 0.29) is 25.3 Å². The molecular weight excluding hydrogens is 329 g/mol. The number of nitrogens with zero attached hydrogens (tertiary/aromatic N) is 1. The third-order valence-corrected chi connectivity index (χ3v) is 4.33. The number of hydrogen-bond donors (Lipinski definition) is 2. The number of carboxylic acid groups (broad SMARTS) is 1. The molecule has 1 aromatic rings. The summed E-state index contributed by atoms with van der Waals surface area (Å²) >= 11 is 12.1. The first-order valence-corrected chi connectivity index (χ1v) is 7.72. The van der Waals surface area contributed by atoms with Gasteiger partial charge in [0.15, 0.2) is 0 Å². The van der Waals surface area contributed by atoms with Crippen molar-refractivity contribution in [1.82, 2.24) is 4.90 Å². The zero-order valence-electron chi connectivity index (χ0n) is 12.0. The van der Waals surface area contributed by atoms with Gasteiger partial charge in [-0.25, -0.2) is 0 Å². The van der Waals surface area contributed by atoms with Crippen molar-refractivity contribution in [2.45, 2.75) is 31.9 Å². The van der Waals surface area contributed by atoms with Crippen molar-refractivity contribution < 1.29 is 19.8 Å². The van der Waals surface area contributed by atoms with E-state index in [9.17, 15) is 19.8 Å². The fraction of sp³-hybridized carbons (Fsp3) is 0.467. The van der Waals surface area contributed by atoms with Gasteiger partial charge in [0.25, 0.3) is 0 Å². The van der Waals surface area contributed by atoms with Crippen molar-refractivity contribution in [2.75, 3.05) is 6.54 Å². The summed E-state index contributed by atoms with van der Waals surface area (Å²) in [7, 11) is 0. The van der Waals surface area contributed by atoms with Gasteiger partial charge in [0.2, 0.25) is 5.91 Å². The minimum Gasteiger partial charge on any atom is -0.481 e. The van der Waals surface area contributed by atoms with E-state index in [2.05, 4.69) is 0 Å². The number of carbonyl (C=O) groups excluding carboxylic acids is 1. The Morgan fingerprint density at radius 1 is 1.45 bits per heavy atom. The Morgan fingerprint density at radius 2 is 2.14 bits per heavy atom. The second-order valence-corrected chi connectivity index (χ2v) is 6.33. The molecule has 1 saturated heterocycles. The molecule has 1 heterocycles. The molecule has 2 rings (SSSR count). The van der Waals surface area contributed by atoms with Gasteiger partial charge < -0.3 is 15.1 Å². The fourth-order valence-electron chi connectivity index (χ4n) is 2.84. The van der Waals surface area contributed by atoms with Gasteiger partial charge in [-0.15, -0.1) is 0 Å². The van der Waals surface area contributed by atoms with Crippen LogP contribution in [-0.4, -0.2) is 39.6 Å². The maximum atomic E-state index is 12.2. The minimum absolute atomic E-state index is 0.0617. The van der Waals surface area contributed by atoms with E-state index in [1.165, 1.54) is 11.0 Å². The Balaban J connectivity index is 2.49. The summed E-state index contributed by atoms with van der Waals surface area (Å²) in [5, 5.41) is 19.9. The van der Waals surface area contributed by atoms with Crippen LogP contribution in [0, 0.1) is 5.92 Å². The first kappa shape index (κ1) is 17.1. The van der Waals surface area contributed by atoms with E-state index in [1.807, 2.05) is 0 Å². The van der Waals surface area contributed by atoms with Crippen LogP contribution in [0.5, 0.6) is 0 Å². The number of amides is 1. The van der Waals surface area contributed by atoms with Gasteiger partial charge in [0.05, 0.1) is 18.1 Å². The lowest BCUT2D eigenvalue weighted by Crippen LogP contribution is -2.47. The molecule has 0 aromatic heterocycles. The predicted molar refractivity (Wildman–Crippen MR) is 83.0 cm³/mol. The molecule has 1 amide bonds. The molecule has 0 saturated carbocycles. The van der Waals surface area contributed by atoms with Gasteiger partial charge in [0, 0.05) is 23.0 Å². The number of benzene rings is 1. The number of carbonyl (C=O) groups is 2. The first-order valence-electron chi connectivity index (χ1n) is 6.96. The van der Waals surface area contributed by atoms with Crippen LogP contribution in [0.3, 0.4) is 0 Å². The Morgan fingerprint density at radius 3 is 2.68 bits per heavy atom. The normalized spacial score (nSPS) is 23.5. The van der Waals surface area contributed by atoms with E-state index in [0.29, 0.717) is 15.6 Å². The molecule has 2 N–H and O–H groups in total. The molecule has 0 aliphatic carbocycles. The van der Waals surface area contributed by atoms with E-state index in [1.54, 1.807) is 19.1 Å². The van der Waals surface area contributed by atoms with Crippen LogP contribution in [0.1, 0.15) is 31.4 Å². The lowest BCUT2D eigenvalue weighted by molar-refractivity contribution is -0.153. The molecule has 5 nitrogen and oxygen atoms in total. The fourth-order valence-corrected chi connectivity index (χ4v) is 3.36. The average molecular weight is 346 g/mol. The number of β-amino-alcohol motifs (C(OH)–C–C–N with tert-alkyl or cyclic N) is 1. The van der Waals surface area contributed by atoms with Crippen molar-refractivity contribution in [2.24, 2.45) is 5.92 Å². The number of piperidine rings is 1. The molecule has 0 unspecified atom stereocenters. The number of aliphatic hydroxyl groups excluding tert-OH is 1. The summed E-state index contributed by atoms with van der Waals surface area (Å²) in [6.07, 6.45) is -0.371. The molecule has 3 atom stereocenters. The topological polar surface area (TPSA) is 77.8 Å². The number of carboxylic acids is 1. The quantitative estimate of drug-likeness (QED) is 0.879. The van der Waals surface area contributed by atoms with Crippen molar-refractivity contribution in [3.63, 3.8) is 0 Å². The SMILES string of the molecule is C[C@H](O)CN1C(=O)CC[C@H](C(=O)O)[C@@H]1c1ccc(Cl)cc1Cl. The maximum absolute atomic E-state index is 12.2. The largest absolute Gasteiger partial charge is 0.481 e. The number of aliphatic hydroxyl groups is 1. The zero-order chi connectivity index (χ0) is 16.4. The molecular formula is C15H17Cl2NO4. The molecule has 1 aromatic carbocycles. The van der Waals surface area contributed by atoms with Gasteiger partial charge in [0.1, 0.15) is 0 Å². The standard InChI is InChI=1S/C15H17Cl2NO4/c1-8(19)7-18-13(20)5-4-11(15(21)22)14(18)10-3-2-9(16)6-12(10)17/h2-3,6,8,11,14,19H,4-5,7H2,1H3,(H,21,22)/t8-,11-,14-/m0/s1. The van der Waals surface area contributed by atoms with Crippen molar-refractivity contribution in [3.05, 3.63) is 33.8 Å². The molecule has 0 radical (unpaired) electrons. The highest BCUT2D eigenvalue weighted by atomic mass is 35.5. The Hall–Kier alpha value is -1.30. The Kier molecular flexibility index (Phi) is 5.32. The second-order valence-electron chi connectivity index (χ2n) is 5.49. The zero-order valence-corrected chi connectivity index (χ0v) is 13.5. The molecule has 22 heavy (non-hydrogen) atoms. The predicted octanol–water partition coefficient (Wildman–Crippen LogP) is 2.74. The maximum Gasteiger partial charge on any atom is 0.308 e. The molecule has 7 heteroatoms. The number of likely N-dealkylation sites (tertiary alicyclic amines) is 1.